The Morgan fingerprint density at radius 2 is 1.75 bits per heavy atom. The fraction of sp³-hybridized carbons (Fsp3) is 1.00. The van der Waals surface area contributed by atoms with E-state index in [1.165, 1.54) is 23.2 Å². The predicted molar refractivity (Wildman–Crippen MR) is 59.4 cm³/mol. The van der Waals surface area contributed by atoms with E-state index in [0.29, 0.717) is 0 Å². The van der Waals surface area contributed by atoms with Crippen LogP contribution in [-0.2, 0) is 0 Å². The minimum atomic E-state index is -1.62. The van der Waals surface area contributed by atoms with Gasteiger partial charge in [0.05, 0.1) is 0 Å². The molecule has 0 aromatic carbocycles. The third-order valence-corrected chi connectivity index (χ3v) is 20.4. The zero-order valence-electron chi connectivity index (χ0n) is 9.19. The molecule has 1 aliphatic rings. The molecule has 72 valence electrons. The molecule has 1 fully saturated rings. The molecule has 0 radical (unpaired) electrons. The van der Waals surface area contributed by atoms with E-state index in [4.69, 9.17) is 0 Å². The summed E-state index contributed by atoms with van der Waals surface area (Å²) in [6.07, 6.45) is 7.64. The first-order valence-electron chi connectivity index (χ1n) is 5.59. The normalized spacial score (nSPS) is 23.0. The zero-order valence-corrected chi connectivity index (χ0v) is 12.0. The Kier molecular flexibility index (Phi) is 3.94. The summed E-state index contributed by atoms with van der Waals surface area (Å²) in [4.78, 5) is 5.36. The van der Waals surface area contributed by atoms with Gasteiger partial charge in [-0.1, -0.05) is 0 Å². The summed E-state index contributed by atoms with van der Waals surface area (Å²) in [6.45, 7) is 4.88. The van der Waals surface area contributed by atoms with Gasteiger partial charge in [-0.25, -0.2) is 0 Å². The number of hydrogen-bond acceptors (Lipinski definition) is 0. The average Bonchev–Trinajstić information content (AvgIpc) is 2.55. The molecular weight excluding hydrogens is 251 g/mol. The molecule has 1 atom stereocenters. The summed E-state index contributed by atoms with van der Waals surface area (Å²) in [5.41, 5.74) is 0. The van der Waals surface area contributed by atoms with E-state index in [2.05, 4.69) is 23.7 Å². The molecule has 1 rings (SSSR count). The van der Waals surface area contributed by atoms with Crippen molar-refractivity contribution in [3.8, 4) is 0 Å². The minimum absolute atomic E-state index is 1.10. The molecule has 0 nitrogen and oxygen atoms in total. The van der Waals surface area contributed by atoms with E-state index >= 15 is 0 Å². The monoisotopic (exact) mass is 276 g/mol. The van der Waals surface area contributed by atoms with Crippen molar-refractivity contribution in [2.75, 3.05) is 0 Å². The van der Waals surface area contributed by atoms with Crippen LogP contribution in [0, 0.1) is 0 Å². The van der Waals surface area contributed by atoms with E-state index in [-0.39, 0.29) is 0 Å². The Morgan fingerprint density at radius 1 is 1.25 bits per heavy atom. The second-order valence-corrected chi connectivity index (χ2v) is 20.7. The molecule has 0 saturated heterocycles. The molecule has 0 heterocycles. The van der Waals surface area contributed by atoms with Crippen molar-refractivity contribution in [2.45, 2.75) is 63.7 Å². The Hall–Kier alpha value is 0.799. The van der Waals surface area contributed by atoms with Crippen LogP contribution in [0.3, 0.4) is 0 Å². The Morgan fingerprint density at radius 3 is 2.17 bits per heavy atom. The van der Waals surface area contributed by atoms with Gasteiger partial charge < -0.3 is 0 Å². The second-order valence-electron chi connectivity index (χ2n) is 5.11. The summed E-state index contributed by atoms with van der Waals surface area (Å²) >= 11 is -1.62. The maximum absolute atomic E-state index is 2.68. The second kappa shape index (κ2) is 4.34. The summed E-state index contributed by atoms with van der Waals surface area (Å²) in [7, 11) is 0. The Bertz CT molecular complexity index is 134. The van der Waals surface area contributed by atoms with Crippen LogP contribution >= 0.6 is 0 Å². The van der Waals surface area contributed by atoms with Gasteiger partial charge in [0.25, 0.3) is 0 Å². The molecular formula is C11H24Sn. The van der Waals surface area contributed by atoms with Gasteiger partial charge in [0.1, 0.15) is 0 Å². The average molecular weight is 275 g/mol. The zero-order chi connectivity index (χ0) is 9.19. The fourth-order valence-corrected chi connectivity index (χ4v) is 13.3. The molecule has 0 spiro atoms. The van der Waals surface area contributed by atoms with Crippen molar-refractivity contribution in [3.05, 3.63) is 0 Å². The van der Waals surface area contributed by atoms with Gasteiger partial charge in [-0.05, 0) is 0 Å². The molecule has 0 aliphatic heterocycles. The van der Waals surface area contributed by atoms with Gasteiger partial charge in [-0.3, -0.25) is 0 Å². The van der Waals surface area contributed by atoms with E-state index in [1.807, 2.05) is 0 Å². The van der Waals surface area contributed by atoms with Gasteiger partial charge >= 0.3 is 82.1 Å². The third kappa shape index (κ3) is 2.18. The standard InChI is InChI=1S/C5H9.C4H9.2CH3.Sn/c1-2-4-5-3-1;1-3-4-2;;;/h1H,2-5H2;3H,4H2,1-2H3;2*1H3;. The van der Waals surface area contributed by atoms with Crippen molar-refractivity contribution in [1.29, 1.82) is 0 Å². The van der Waals surface area contributed by atoms with Gasteiger partial charge in [-0.2, -0.15) is 0 Å². The maximum atomic E-state index is 2.68. The van der Waals surface area contributed by atoms with Gasteiger partial charge in [-0.15, -0.1) is 0 Å². The summed E-state index contributed by atoms with van der Waals surface area (Å²) in [6, 6.07) is 0. The first kappa shape index (κ1) is 10.9. The van der Waals surface area contributed by atoms with Crippen LogP contribution in [0.2, 0.25) is 17.7 Å². The Balaban J connectivity index is 2.56. The molecule has 1 aliphatic carbocycles. The summed E-state index contributed by atoms with van der Waals surface area (Å²) < 4.78 is 2.32. The molecule has 0 amide bonds. The molecule has 0 aromatic rings. The number of rotatable bonds is 3. The van der Waals surface area contributed by atoms with Crippen molar-refractivity contribution >= 4 is 18.4 Å². The van der Waals surface area contributed by atoms with Crippen LogP contribution < -0.4 is 0 Å². The van der Waals surface area contributed by atoms with Crippen LogP contribution in [-0.4, -0.2) is 18.4 Å². The van der Waals surface area contributed by atoms with Gasteiger partial charge in [0.2, 0.25) is 0 Å². The quantitative estimate of drug-likeness (QED) is 0.668. The van der Waals surface area contributed by atoms with Crippen LogP contribution in [0.15, 0.2) is 0 Å². The van der Waals surface area contributed by atoms with Crippen LogP contribution in [0.25, 0.3) is 0 Å². The van der Waals surface area contributed by atoms with Crippen molar-refractivity contribution in [3.63, 3.8) is 0 Å². The molecule has 0 bridgehead atoms. The van der Waals surface area contributed by atoms with Gasteiger partial charge in [0, 0.05) is 0 Å². The van der Waals surface area contributed by atoms with Crippen molar-refractivity contribution in [2.24, 2.45) is 0 Å². The molecule has 1 unspecified atom stereocenters. The SMILES string of the molecule is CC[CH](C)[Sn]([CH3])([CH3])[CH]1CCCC1. The van der Waals surface area contributed by atoms with Crippen LogP contribution in [0.4, 0.5) is 0 Å². The van der Waals surface area contributed by atoms with E-state index in [0.717, 1.165) is 3.93 Å². The fourth-order valence-electron chi connectivity index (χ4n) is 2.60. The van der Waals surface area contributed by atoms with E-state index in [9.17, 15) is 0 Å². The van der Waals surface area contributed by atoms with Crippen molar-refractivity contribution in [1.82, 2.24) is 0 Å². The van der Waals surface area contributed by atoms with Gasteiger partial charge in [0.15, 0.2) is 0 Å². The predicted octanol–water partition coefficient (Wildman–Crippen LogP) is 4.44. The topological polar surface area (TPSA) is 0 Å². The summed E-state index contributed by atoms with van der Waals surface area (Å²) in [5, 5.41) is 0. The first-order valence-corrected chi connectivity index (χ1v) is 14.6. The first-order chi connectivity index (χ1) is 5.59. The molecule has 12 heavy (non-hydrogen) atoms. The molecule has 1 heteroatoms. The molecule has 0 aromatic heterocycles. The summed E-state index contributed by atoms with van der Waals surface area (Å²) in [5.74, 6) is 0. The van der Waals surface area contributed by atoms with Crippen LogP contribution in [0.5, 0.6) is 0 Å². The van der Waals surface area contributed by atoms with Crippen LogP contribution in [0.1, 0.15) is 46.0 Å². The van der Waals surface area contributed by atoms with E-state index < -0.39 is 18.4 Å². The number of hydrogen-bond donors (Lipinski definition) is 0. The van der Waals surface area contributed by atoms with Crippen molar-refractivity contribution < 1.29 is 0 Å². The third-order valence-electron chi connectivity index (χ3n) is 4.29. The molecule has 1 saturated carbocycles. The molecule has 0 N–H and O–H groups in total. The van der Waals surface area contributed by atoms with E-state index in [1.54, 1.807) is 12.8 Å². The Labute approximate surface area is 82.0 Å².